The van der Waals surface area contributed by atoms with Gasteiger partial charge in [0, 0.05) is 30.7 Å². The number of fused-ring (bicyclic) bond motifs is 3. The fourth-order valence-electron chi connectivity index (χ4n) is 3.46. The molecule has 26 heavy (non-hydrogen) atoms. The van der Waals surface area contributed by atoms with Crippen LogP contribution in [0.1, 0.15) is 32.0 Å². The minimum absolute atomic E-state index is 0.260. The van der Waals surface area contributed by atoms with Crippen LogP contribution in [0.4, 0.5) is 5.69 Å². The van der Waals surface area contributed by atoms with Crippen molar-refractivity contribution in [2.75, 3.05) is 25.0 Å². The topological polar surface area (TPSA) is 94.4 Å². The number of aliphatic hydroxyl groups excluding tert-OH is 1. The zero-order valence-electron chi connectivity index (χ0n) is 14.9. The molecule has 3 N–H and O–H groups in total. The van der Waals surface area contributed by atoms with Crippen LogP contribution in [-0.2, 0) is 6.54 Å². The summed E-state index contributed by atoms with van der Waals surface area (Å²) in [7, 11) is 0. The number of H-pyrrole nitrogens is 1. The molecule has 7 heteroatoms. The number of likely N-dealkylation sites (tertiary alicyclic amines) is 1. The second-order valence-electron chi connectivity index (χ2n) is 6.96. The summed E-state index contributed by atoms with van der Waals surface area (Å²) in [6.45, 7) is 5.00. The molecule has 1 fully saturated rings. The standard InChI is InChI=1S/C19H24N4O3/c1-2-3-7-20-12-4-5-15-14(9-12)17-18(26-15)19(25)22-16(21-17)11-23-8-6-13(24)10-23/h4-5,9,13,20,24H,2-3,6-8,10-11H2,1H3,(H,21,22,25)/t13-/m0/s1. The van der Waals surface area contributed by atoms with Crippen LogP contribution < -0.4 is 10.9 Å². The van der Waals surface area contributed by atoms with Gasteiger partial charge in [-0.15, -0.1) is 0 Å². The molecule has 4 rings (SSSR count). The van der Waals surface area contributed by atoms with Crippen LogP contribution in [0.25, 0.3) is 22.1 Å². The van der Waals surface area contributed by atoms with Gasteiger partial charge in [0.25, 0.3) is 5.56 Å². The Labute approximate surface area is 151 Å². The Morgan fingerprint density at radius 3 is 3.12 bits per heavy atom. The maximum absolute atomic E-state index is 12.4. The third-order valence-corrected chi connectivity index (χ3v) is 4.85. The fraction of sp³-hybridized carbons (Fsp3) is 0.474. The number of rotatable bonds is 6. The van der Waals surface area contributed by atoms with Crippen molar-refractivity contribution in [1.82, 2.24) is 14.9 Å². The van der Waals surface area contributed by atoms with Gasteiger partial charge in [0.2, 0.25) is 5.58 Å². The maximum atomic E-state index is 12.4. The number of furan rings is 1. The number of anilines is 1. The van der Waals surface area contributed by atoms with Gasteiger partial charge in [-0.2, -0.15) is 0 Å². The fourth-order valence-corrected chi connectivity index (χ4v) is 3.46. The molecule has 0 aliphatic carbocycles. The molecule has 0 unspecified atom stereocenters. The van der Waals surface area contributed by atoms with Crippen molar-refractivity contribution >= 4 is 27.8 Å². The lowest BCUT2D eigenvalue weighted by molar-refractivity contribution is 0.174. The number of nitrogens with one attached hydrogen (secondary N) is 2. The predicted octanol–water partition coefficient (Wildman–Crippen LogP) is 2.45. The zero-order chi connectivity index (χ0) is 18.1. The molecule has 3 heterocycles. The van der Waals surface area contributed by atoms with Crippen molar-refractivity contribution in [2.45, 2.75) is 38.8 Å². The molecule has 1 aromatic carbocycles. The number of aromatic nitrogens is 2. The van der Waals surface area contributed by atoms with Crippen LogP contribution in [0.2, 0.25) is 0 Å². The molecule has 0 radical (unpaired) electrons. The van der Waals surface area contributed by atoms with Gasteiger partial charge >= 0.3 is 0 Å². The molecule has 2 aromatic heterocycles. The molecule has 3 aromatic rings. The highest BCUT2D eigenvalue weighted by molar-refractivity contribution is 6.03. The zero-order valence-corrected chi connectivity index (χ0v) is 14.9. The summed E-state index contributed by atoms with van der Waals surface area (Å²) >= 11 is 0. The largest absolute Gasteiger partial charge is 0.449 e. The van der Waals surface area contributed by atoms with Gasteiger partial charge in [0.05, 0.1) is 12.6 Å². The molecular formula is C19H24N4O3. The Kier molecular flexibility index (Phi) is 4.65. The van der Waals surface area contributed by atoms with E-state index in [4.69, 9.17) is 4.42 Å². The van der Waals surface area contributed by atoms with E-state index in [1.807, 2.05) is 18.2 Å². The lowest BCUT2D eigenvalue weighted by atomic mass is 10.2. The second-order valence-corrected chi connectivity index (χ2v) is 6.96. The number of β-amino-alcohol motifs (C(OH)–C–C–N with tert-alkyl or cyclic N) is 1. The molecular weight excluding hydrogens is 332 g/mol. The van der Waals surface area contributed by atoms with Gasteiger partial charge in [-0.05, 0) is 31.0 Å². The first-order chi connectivity index (χ1) is 12.6. The van der Waals surface area contributed by atoms with E-state index in [9.17, 15) is 9.90 Å². The molecule has 0 spiro atoms. The Morgan fingerprint density at radius 2 is 2.35 bits per heavy atom. The van der Waals surface area contributed by atoms with Gasteiger partial charge in [-0.3, -0.25) is 9.69 Å². The van der Waals surface area contributed by atoms with Crippen molar-refractivity contribution in [3.05, 3.63) is 34.4 Å². The SMILES string of the molecule is CCCCNc1ccc2oc3c(=O)[nH]c(CN4CC[C@H](O)C4)nc3c2c1. The van der Waals surface area contributed by atoms with Crippen LogP contribution in [0.15, 0.2) is 27.4 Å². The summed E-state index contributed by atoms with van der Waals surface area (Å²) in [6, 6.07) is 5.83. The van der Waals surface area contributed by atoms with Crippen LogP contribution in [0.3, 0.4) is 0 Å². The van der Waals surface area contributed by atoms with Gasteiger partial charge in [-0.25, -0.2) is 4.98 Å². The number of aromatic amines is 1. The minimum atomic E-state index is -0.294. The van der Waals surface area contributed by atoms with Gasteiger partial charge in [0.15, 0.2) is 0 Å². The highest BCUT2D eigenvalue weighted by Crippen LogP contribution is 2.28. The summed E-state index contributed by atoms with van der Waals surface area (Å²) < 4.78 is 5.72. The number of nitrogens with zero attached hydrogens (tertiary/aromatic N) is 2. The average Bonchev–Trinajstić information content (AvgIpc) is 3.19. The van der Waals surface area contributed by atoms with E-state index in [-0.39, 0.29) is 17.2 Å². The van der Waals surface area contributed by atoms with E-state index >= 15 is 0 Å². The smallest absolute Gasteiger partial charge is 0.294 e. The first-order valence-corrected chi connectivity index (χ1v) is 9.24. The highest BCUT2D eigenvalue weighted by Gasteiger charge is 2.22. The molecule has 1 saturated heterocycles. The van der Waals surface area contributed by atoms with Crippen molar-refractivity contribution in [3.63, 3.8) is 0 Å². The highest BCUT2D eigenvalue weighted by atomic mass is 16.3. The Balaban J connectivity index is 1.69. The first-order valence-electron chi connectivity index (χ1n) is 9.24. The second kappa shape index (κ2) is 7.09. The summed E-state index contributed by atoms with van der Waals surface area (Å²) in [5, 5.41) is 13.9. The van der Waals surface area contributed by atoms with Crippen LogP contribution in [-0.4, -0.2) is 45.7 Å². The van der Waals surface area contributed by atoms with Crippen molar-refractivity contribution < 1.29 is 9.52 Å². The third-order valence-electron chi connectivity index (χ3n) is 4.85. The van der Waals surface area contributed by atoms with E-state index < -0.39 is 0 Å². The van der Waals surface area contributed by atoms with Crippen LogP contribution in [0, 0.1) is 0 Å². The molecule has 0 amide bonds. The molecule has 1 aliphatic rings. The molecule has 0 saturated carbocycles. The van der Waals surface area contributed by atoms with Gasteiger partial charge in [0.1, 0.15) is 16.9 Å². The van der Waals surface area contributed by atoms with Crippen molar-refractivity contribution in [1.29, 1.82) is 0 Å². The molecule has 7 nitrogen and oxygen atoms in total. The first kappa shape index (κ1) is 17.1. The lowest BCUT2D eigenvalue weighted by Gasteiger charge is -2.13. The number of unbranched alkanes of at least 4 members (excludes halogenated alkanes) is 1. The predicted molar refractivity (Wildman–Crippen MR) is 101 cm³/mol. The number of benzene rings is 1. The molecule has 1 atom stereocenters. The Bertz CT molecular complexity index is 978. The van der Waals surface area contributed by atoms with E-state index in [2.05, 4.69) is 27.1 Å². The molecule has 138 valence electrons. The number of hydrogen-bond acceptors (Lipinski definition) is 6. The van der Waals surface area contributed by atoms with Crippen LogP contribution in [0.5, 0.6) is 0 Å². The normalized spacial score (nSPS) is 18.2. The molecule has 0 bridgehead atoms. The molecule has 1 aliphatic heterocycles. The number of aliphatic hydroxyl groups is 1. The van der Waals surface area contributed by atoms with E-state index in [1.165, 1.54) is 0 Å². The number of hydrogen-bond donors (Lipinski definition) is 3. The lowest BCUT2D eigenvalue weighted by Crippen LogP contribution is -2.24. The van der Waals surface area contributed by atoms with Crippen LogP contribution >= 0.6 is 0 Å². The summed E-state index contributed by atoms with van der Waals surface area (Å²) in [5.74, 6) is 0.601. The Morgan fingerprint density at radius 1 is 1.46 bits per heavy atom. The van der Waals surface area contributed by atoms with Crippen molar-refractivity contribution in [2.24, 2.45) is 0 Å². The van der Waals surface area contributed by atoms with Crippen molar-refractivity contribution in [3.8, 4) is 0 Å². The summed E-state index contributed by atoms with van der Waals surface area (Å²) in [5.41, 5.74) is 2.25. The summed E-state index contributed by atoms with van der Waals surface area (Å²) in [4.78, 5) is 22.0. The van der Waals surface area contributed by atoms with Gasteiger partial charge < -0.3 is 19.8 Å². The maximum Gasteiger partial charge on any atom is 0.294 e. The van der Waals surface area contributed by atoms with E-state index in [0.717, 1.165) is 43.4 Å². The monoisotopic (exact) mass is 356 g/mol. The van der Waals surface area contributed by atoms with E-state index in [0.29, 0.717) is 30.0 Å². The summed E-state index contributed by atoms with van der Waals surface area (Å²) in [6.07, 6.45) is 2.70. The van der Waals surface area contributed by atoms with Gasteiger partial charge in [-0.1, -0.05) is 13.3 Å². The third kappa shape index (κ3) is 3.32. The van der Waals surface area contributed by atoms with E-state index in [1.54, 1.807) is 0 Å². The average molecular weight is 356 g/mol. The Hall–Kier alpha value is -2.38. The quantitative estimate of drug-likeness (QED) is 0.587. The minimum Gasteiger partial charge on any atom is -0.449 e.